The van der Waals surface area contributed by atoms with Crippen molar-refractivity contribution in [3.8, 4) is 0 Å². The van der Waals surface area contributed by atoms with E-state index in [4.69, 9.17) is 5.73 Å². The first-order chi connectivity index (χ1) is 8.93. The number of rotatable bonds is 3. The first kappa shape index (κ1) is 13.9. The van der Waals surface area contributed by atoms with Crippen LogP contribution in [0, 0.1) is 5.41 Å². The molecule has 104 valence electrons. The summed E-state index contributed by atoms with van der Waals surface area (Å²) < 4.78 is 0. The maximum Gasteiger partial charge on any atom is 0.193 e. The Bertz CT molecular complexity index is 482. The average Bonchev–Trinajstić information content (AvgIpc) is 2.38. The number of benzene rings is 1. The molecule has 0 bridgehead atoms. The molecule has 0 spiro atoms. The van der Waals surface area contributed by atoms with E-state index in [1.54, 1.807) is 0 Å². The third-order valence-electron chi connectivity index (χ3n) is 4.07. The molecule has 19 heavy (non-hydrogen) atoms. The number of aliphatic hydroxyl groups excluding tert-OH is 1. The van der Waals surface area contributed by atoms with Crippen molar-refractivity contribution in [2.45, 2.75) is 45.8 Å². The highest BCUT2D eigenvalue weighted by Crippen LogP contribution is 2.42. The molecule has 0 amide bonds. The molecule has 2 unspecified atom stereocenters. The monoisotopic (exact) mass is 261 g/mol. The van der Waals surface area contributed by atoms with Gasteiger partial charge in [0.05, 0.1) is 12.1 Å². The van der Waals surface area contributed by atoms with Crippen LogP contribution in [0.25, 0.3) is 0 Å². The Morgan fingerprint density at radius 3 is 2.84 bits per heavy atom. The third-order valence-corrected chi connectivity index (χ3v) is 4.07. The van der Waals surface area contributed by atoms with Gasteiger partial charge in [0.25, 0.3) is 0 Å². The summed E-state index contributed by atoms with van der Waals surface area (Å²) in [4.78, 5) is 4.46. The number of guanidine groups is 1. The molecule has 0 saturated heterocycles. The molecule has 4 heteroatoms. The van der Waals surface area contributed by atoms with Gasteiger partial charge >= 0.3 is 0 Å². The Hall–Kier alpha value is -1.55. The smallest absolute Gasteiger partial charge is 0.193 e. The van der Waals surface area contributed by atoms with Crippen molar-refractivity contribution in [3.05, 3.63) is 29.8 Å². The van der Waals surface area contributed by atoms with E-state index in [1.165, 1.54) is 5.56 Å². The van der Waals surface area contributed by atoms with Crippen LogP contribution in [0.5, 0.6) is 0 Å². The van der Waals surface area contributed by atoms with E-state index >= 15 is 0 Å². The largest absolute Gasteiger partial charge is 0.392 e. The highest BCUT2D eigenvalue weighted by molar-refractivity contribution is 5.92. The SMILES string of the molecule is CCc1cccc(NC(N)=NC2CC(O)C2(C)C)c1. The zero-order valence-electron chi connectivity index (χ0n) is 11.9. The molecule has 1 fully saturated rings. The molecule has 1 aliphatic carbocycles. The second-order valence-corrected chi connectivity index (χ2v) is 5.78. The standard InChI is InChI=1S/C15H23N3O/c1-4-10-6-5-7-11(8-10)17-14(16)18-12-9-13(19)15(12,2)3/h5-8,12-13,19H,4,9H2,1-3H3,(H3,16,17,18). The number of hydrogen-bond donors (Lipinski definition) is 3. The van der Waals surface area contributed by atoms with Crippen LogP contribution in [-0.2, 0) is 6.42 Å². The molecule has 1 aromatic rings. The van der Waals surface area contributed by atoms with E-state index in [2.05, 4.69) is 29.4 Å². The van der Waals surface area contributed by atoms with Gasteiger partial charge in [-0.1, -0.05) is 32.9 Å². The number of aryl methyl sites for hydroxylation is 1. The van der Waals surface area contributed by atoms with Crippen LogP contribution in [0.4, 0.5) is 5.69 Å². The van der Waals surface area contributed by atoms with Gasteiger partial charge in [0.2, 0.25) is 0 Å². The fraction of sp³-hybridized carbons (Fsp3) is 0.533. The number of anilines is 1. The first-order valence-electron chi connectivity index (χ1n) is 6.80. The van der Waals surface area contributed by atoms with Gasteiger partial charge in [0.15, 0.2) is 5.96 Å². The van der Waals surface area contributed by atoms with Crippen LogP contribution < -0.4 is 11.1 Å². The van der Waals surface area contributed by atoms with Gasteiger partial charge in [0.1, 0.15) is 0 Å². The quantitative estimate of drug-likeness (QED) is 0.576. The van der Waals surface area contributed by atoms with Gasteiger partial charge in [-0.15, -0.1) is 0 Å². The molecule has 0 aromatic heterocycles. The zero-order valence-corrected chi connectivity index (χ0v) is 11.9. The second-order valence-electron chi connectivity index (χ2n) is 5.78. The molecule has 2 atom stereocenters. The Morgan fingerprint density at radius 2 is 2.26 bits per heavy atom. The van der Waals surface area contributed by atoms with Gasteiger partial charge in [0, 0.05) is 11.1 Å². The molecule has 1 aromatic carbocycles. The first-order valence-corrected chi connectivity index (χ1v) is 6.80. The van der Waals surface area contributed by atoms with Crippen molar-refractivity contribution >= 4 is 11.6 Å². The summed E-state index contributed by atoms with van der Waals surface area (Å²) in [6.07, 6.45) is 1.40. The molecule has 2 rings (SSSR count). The lowest BCUT2D eigenvalue weighted by Gasteiger charge is -2.46. The molecule has 4 N–H and O–H groups in total. The molecule has 1 saturated carbocycles. The van der Waals surface area contributed by atoms with Crippen LogP contribution in [0.15, 0.2) is 29.3 Å². The number of nitrogens with one attached hydrogen (secondary N) is 1. The number of nitrogens with zero attached hydrogens (tertiary/aromatic N) is 1. The molecular formula is C15H23N3O. The molecule has 0 radical (unpaired) electrons. The Labute approximate surface area is 114 Å². The van der Waals surface area contributed by atoms with Crippen molar-refractivity contribution in [2.24, 2.45) is 16.1 Å². The van der Waals surface area contributed by atoms with E-state index in [9.17, 15) is 5.11 Å². The summed E-state index contributed by atoms with van der Waals surface area (Å²) in [5.74, 6) is 0.415. The highest BCUT2D eigenvalue weighted by atomic mass is 16.3. The average molecular weight is 261 g/mol. The van der Waals surface area contributed by atoms with Gasteiger partial charge in [-0.25, -0.2) is 4.99 Å². The summed E-state index contributed by atoms with van der Waals surface area (Å²) in [6.45, 7) is 6.15. The molecule has 4 nitrogen and oxygen atoms in total. The number of nitrogens with two attached hydrogens (primary N) is 1. The predicted octanol–water partition coefficient (Wildman–Crippen LogP) is 2.13. The number of aliphatic imine (C=N–C) groups is 1. The van der Waals surface area contributed by atoms with Crippen LogP contribution in [0.3, 0.4) is 0 Å². The topological polar surface area (TPSA) is 70.6 Å². The van der Waals surface area contributed by atoms with Gasteiger partial charge in [-0.3, -0.25) is 0 Å². The normalized spacial score (nSPS) is 25.8. The summed E-state index contributed by atoms with van der Waals surface area (Å²) in [6, 6.07) is 8.23. The van der Waals surface area contributed by atoms with Gasteiger partial charge < -0.3 is 16.2 Å². The summed E-state index contributed by atoms with van der Waals surface area (Å²) in [5.41, 5.74) is 7.97. The minimum absolute atomic E-state index is 0.0874. The molecule has 0 aliphatic heterocycles. The van der Waals surface area contributed by atoms with E-state index < -0.39 is 0 Å². The van der Waals surface area contributed by atoms with Gasteiger partial charge in [-0.2, -0.15) is 0 Å². The van der Waals surface area contributed by atoms with Crippen LogP contribution >= 0.6 is 0 Å². The summed E-state index contributed by atoms with van der Waals surface area (Å²) >= 11 is 0. The van der Waals surface area contributed by atoms with E-state index in [0.717, 1.165) is 12.1 Å². The second kappa shape index (κ2) is 5.21. The van der Waals surface area contributed by atoms with Crippen molar-refractivity contribution in [2.75, 3.05) is 5.32 Å². The van der Waals surface area contributed by atoms with Crippen molar-refractivity contribution in [1.29, 1.82) is 0 Å². The van der Waals surface area contributed by atoms with E-state index in [1.807, 2.05) is 26.0 Å². The molecule has 1 aliphatic rings. The third kappa shape index (κ3) is 2.89. The lowest BCUT2D eigenvalue weighted by molar-refractivity contribution is -0.0576. The van der Waals surface area contributed by atoms with Crippen molar-refractivity contribution in [3.63, 3.8) is 0 Å². The Balaban J connectivity index is 2.03. The van der Waals surface area contributed by atoms with E-state index in [-0.39, 0.29) is 17.6 Å². The van der Waals surface area contributed by atoms with E-state index in [0.29, 0.717) is 12.4 Å². The van der Waals surface area contributed by atoms with Crippen molar-refractivity contribution in [1.82, 2.24) is 0 Å². The number of hydrogen-bond acceptors (Lipinski definition) is 2. The fourth-order valence-electron chi connectivity index (χ4n) is 2.32. The Morgan fingerprint density at radius 1 is 1.53 bits per heavy atom. The van der Waals surface area contributed by atoms with Gasteiger partial charge in [-0.05, 0) is 30.5 Å². The fourth-order valence-corrected chi connectivity index (χ4v) is 2.32. The maximum atomic E-state index is 9.69. The summed E-state index contributed by atoms with van der Waals surface area (Å²) in [7, 11) is 0. The van der Waals surface area contributed by atoms with Crippen molar-refractivity contribution < 1.29 is 5.11 Å². The molecular weight excluding hydrogens is 238 g/mol. The minimum Gasteiger partial charge on any atom is -0.392 e. The van der Waals surface area contributed by atoms with Crippen LogP contribution in [0.1, 0.15) is 32.8 Å². The minimum atomic E-state index is -0.280. The Kier molecular flexibility index (Phi) is 3.80. The lowest BCUT2D eigenvalue weighted by Crippen LogP contribution is -2.53. The van der Waals surface area contributed by atoms with Crippen LogP contribution in [0.2, 0.25) is 0 Å². The lowest BCUT2D eigenvalue weighted by atomic mass is 9.65. The highest BCUT2D eigenvalue weighted by Gasteiger charge is 2.47. The molecule has 0 heterocycles. The number of aliphatic hydroxyl groups is 1. The predicted molar refractivity (Wildman–Crippen MR) is 79.3 cm³/mol. The maximum absolute atomic E-state index is 9.69. The zero-order chi connectivity index (χ0) is 14.0. The van der Waals surface area contributed by atoms with Crippen LogP contribution in [-0.4, -0.2) is 23.2 Å². The summed E-state index contributed by atoms with van der Waals surface area (Å²) in [5, 5.41) is 12.8.